The number of carbonyl (C=O) groups is 1. The summed E-state index contributed by atoms with van der Waals surface area (Å²) in [7, 11) is 0. The second-order valence-electron chi connectivity index (χ2n) is 6.38. The van der Waals surface area contributed by atoms with Crippen LogP contribution in [0.5, 0.6) is 0 Å². The molecule has 0 saturated carbocycles. The van der Waals surface area contributed by atoms with Crippen molar-refractivity contribution in [3.05, 3.63) is 84.8 Å². The number of carbonyl (C=O) groups excluding carboxylic acids is 1. The summed E-state index contributed by atoms with van der Waals surface area (Å²) in [5.74, 6) is 1.64. The molecule has 9 heteroatoms. The lowest BCUT2D eigenvalue weighted by Gasteiger charge is -2.10. The van der Waals surface area contributed by atoms with Crippen LogP contribution >= 0.6 is 0 Å². The number of aryl methyl sites for hydroxylation is 1. The summed E-state index contributed by atoms with van der Waals surface area (Å²) in [5, 5.41) is 9.14. The highest BCUT2D eigenvalue weighted by Crippen LogP contribution is 2.20. The number of amides is 1. The molecule has 1 aromatic carbocycles. The van der Waals surface area contributed by atoms with Crippen LogP contribution in [0.3, 0.4) is 0 Å². The third kappa shape index (κ3) is 4.90. The molecule has 1 amide bonds. The Bertz CT molecular complexity index is 1150. The van der Waals surface area contributed by atoms with Crippen molar-refractivity contribution in [1.82, 2.24) is 24.9 Å². The highest BCUT2D eigenvalue weighted by Gasteiger charge is 2.07. The van der Waals surface area contributed by atoms with Gasteiger partial charge in [-0.15, -0.1) is 0 Å². The monoisotopic (exact) mass is 398 g/mol. The zero-order valence-electron chi connectivity index (χ0n) is 16.1. The van der Waals surface area contributed by atoms with E-state index in [1.54, 1.807) is 24.4 Å². The van der Waals surface area contributed by atoms with E-state index in [4.69, 9.17) is 0 Å². The number of nitrogens with zero attached hydrogens (tertiary/aromatic N) is 5. The number of aromatic nitrogens is 5. The third-order valence-corrected chi connectivity index (χ3v) is 4.05. The molecule has 3 heterocycles. The largest absolute Gasteiger partial charge is 0.340 e. The predicted octanol–water partition coefficient (Wildman–Crippen LogP) is 3.71. The van der Waals surface area contributed by atoms with E-state index >= 15 is 0 Å². The van der Waals surface area contributed by atoms with Crippen LogP contribution in [-0.4, -0.2) is 30.8 Å². The molecule has 0 fully saturated rings. The molecule has 0 radical (unpaired) electrons. The predicted molar refractivity (Wildman–Crippen MR) is 114 cm³/mol. The van der Waals surface area contributed by atoms with E-state index in [0.29, 0.717) is 23.1 Å². The average molecular weight is 398 g/mol. The molecule has 0 unspecified atom stereocenters. The molecule has 0 spiro atoms. The Balaban J connectivity index is 1.40. The van der Waals surface area contributed by atoms with E-state index in [1.807, 2.05) is 31.2 Å². The van der Waals surface area contributed by atoms with Crippen LogP contribution in [0.25, 0.3) is 0 Å². The standard InChI is InChI=1S/C21H18N8O/c1-14-6-7-24-18(10-14)29-20-11-19(25-13-26-20)27-15-2-4-16(5-3-15)28-21(30)17-12-22-8-9-23-17/h2-13H,1H3,(H,28,30)(H2,24,25,26,27,29). The topological polar surface area (TPSA) is 118 Å². The summed E-state index contributed by atoms with van der Waals surface area (Å²) in [6.45, 7) is 2.00. The molecule has 0 aliphatic carbocycles. The number of rotatable bonds is 6. The van der Waals surface area contributed by atoms with Crippen LogP contribution in [0.2, 0.25) is 0 Å². The zero-order valence-corrected chi connectivity index (χ0v) is 16.1. The van der Waals surface area contributed by atoms with Gasteiger partial charge in [0.1, 0.15) is 29.5 Å². The molecule has 4 rings (SSSR count). The van der Waals surface area contributed by atoms with Gasteiger partial charge in [0, 0.05) is 36.0 Å². The Kier molecular flexibility index (Phi) is 5.52. The molecule has 9 nitrogen and oxygen atoms in total. The molecule has 30 heavy (non-hydrogen) atoms. The van der Waals surface area contributed by atoms with Crippen LogP contribution in [0.1, 0.15) is 16.1 Å². The minimum atomic E-state index is -0.319. The van der Waals surface area contributed by atoms with Gasteiger partial charge in [-0.2, -0.15) is 0 Å². The lowest BCUT2D eigenvalue weighted by Crippen LogP contribution is -2.13. The van der Waals surface area contributed by atoms with Gasteiger partial charge in [0.15, 0.2) is 0 Å². The lowest BCUT2D eigenvalue weighted by molar-refractivity contribution is 0.102. The Morgan fingerprint density at radius 2 is 1.50 bits per heavy atom. The molecule has 0 aliphatic rings. The van der Waals surface area contributed by atoms with E-state index in [1.165, 1.54) is 24.9 Å². The minimum Gasteiger partial charge on any atom is -0.340 e. The van der Waals surface area contributed by atoms with Crippen molar-refractivity contribution in [2.24, 2.45) is 0 Å². The first-order valence-corrected chi connectivity index (χ1v) is 9.12. The first-order valence-electron chi connectivity index (χ1n) is 9.12. The molecular weight excluding hydrogens is 380 g/mol. The normalized spacial score (nSPS) is 10.3. The number of anilines is 5. The van der Waals surface area contributed by atoms with Gasteiger partial charge in [-0.05, 0) is 48.9 Å². The van der Waals surface area contributed by atoms with Gasteiger partial charge in [0.05, 0.1) is 6.20 Å². The first kappa shape index (κ1) is 18.9. The number of nitrogens with one attached hydrogen (secondary N) is 3. The molecule has 0 saturated heterocycles. The van der Waals surface area contributed by atoms with Crippen molar-refractivity contribution in [3.8, 4) is 0 Å². The summed E-state index contributed by atoms with van der Waals surface area (Å²) in [4.78, 5) is 32.7. The maximum absolute atomic E-state index is 12.1. The lowest BCUT2D eigenvalue weighted by atomic mass is 10.2. The van der Waals surface area contributed by atoms with Crippen LogP contribution in [-0.2, 0) is 0 Å². The van der Waals surface area contributed by atoms with Gasteiger partial charge in [0.2, 0.25) is 0 Å². The molecule has 0 aliphatic heterocycles. The fourth-order valence-corrected chi connectivity index (χ4v) is 2.63. The van der Waals surface area contributed by atoms with Gasteiger partial charge >= 0.3 is 0 Å². The quantitative estimate of drug-likeness (QED) is 0.450. The van der Waals surface area contributed by atoms with Gasteiger partial charge < -0.3 is 16.0 Å². The van der Waals surface area contributed by atoms with Crippen molar-refractivity contribution >= 4 is 34.7 Å². The Hall–Kier alpha value is -4.40. The van der Waals surface area contributed by atoms with Gasteiger partial charge in [-0.25, -0.2) is 19.9 Å². The molecule has 0 atom stereocenters. The maximum Gasteiger partial charge on any atom is 0.275 e. The van der Waals surface area contributed by atoms with E-state index < -0.39 is 0 Å². The third-order valence-electron chi connectivity index (χ3n) is 4.05. The van der Waals surface area contributed by atoms with E-state index in [9.17, 15) is 4.79 Å². The molecular formula is C21H18N8O. The van der Waals surface area contributed by atoms with E-state index in [-0.39, 0.29) is 11.6 Å². The smallest absolute Gasteiger partial charge is 0.275 e. The summed E-state index contributed by atoms with van der Waals surface area (Å²) < 4.78 is 0. The van der Waals surface area contributed by atoms with Crippen molar-refractivity contribution in [1.29, 1.82) is 0 Å². The summed E-state index contributed by atoms with van der Waals surface area (Å²) in [6.07, 6.45) is 7.61. The van der Waals surface area contributed by atoms with Crippen LogP contribution < -0.4 is 16.0 Å². The number of benzene rings is 1. The maximum atomic E-state index is 12.1. The van der Waals surface area contributed by atoms with E-state index in [0.717, 1.165) is 11.3 Å². The fraction of sp³-hybridized carbons (Fsp3) is 0.0476. The average Bonchev–Trinajstić information content (AvgIpc) is 2.76. The first-order chi connectivity index (χ1) is 14.7. The summed E-state index contributed by atoms with van der Waals surface area (Å²) in [6, 6.07) is 12.9. The summed E-state index contributed by atoms with van der Waals surface area (Å²) >= 11 is 0. The van der Waals surface area contributed by atoms with Crippen LogP contribution in [0.15, 0.2) is 73.6 Å². The van der Waals surface area contributed by atoms with Gasteiger partial charge in [-0.3, -0.25) is 9.78 Å². The Labute approximate surface area is 172 Å². The highest BCUT2D eigenvalue weighted by atomic mass is 16.1. The molecule has 3 aromatic heterocycles. The van der Waals surface area contributed by atoms with Crippen molar-refractivity contribution < 1.29 is 4.79 Å². The van der Waals surface area contributed by atoms with Crippen molar-refractivity contribution in [3.63, 3.8) is 0 Å². The second kappa shape index (κ2) is 8.74. The second-order valence-corrected chi connectivity index (χ2v) is 6.38. The minimum absolute atomic E-state index is 0.254. The molecule has 0 bridgehead atoms. The van der Waals surface area contributed by atoms with Gasteiger partial charge in [0.25, 0.3) is 5.91 Å². The van der Waals surface area contributed by atoms with Gasteiger partial charge in [-0.1, -0.05) is 0 Å². The number of hydrogen-bond acceptors (Lipinski definition) is 8. The fourth-order valence-electron chi connectivity index (χ4n) is 2.63. The highest BCUT2D eigenvalue weighted by molar-refractivity contribution is 6.02. The molecule has 4 aromatic rings. The number of hydrogen-bond donors (Lipinski definition) is 3. The van der Waals surface area contributed by atoms with Crippen molar-refractivity contribution in [2.75, 3.05) is 16.0 Å². The van der Waals surface area contributed by atoms with Crippen LogP contribution in [0, 0.1) is 6.92 Å². The van der Waals surface area contributed by atoms with Crippen LogP contribution in [0.4, 0.5) is 28.8 Å². The summed E-state index contributed by atoms with van der Waals surface area (Å²) in [5.41, 5.74) is 2.81. The number of pyridine rings is 1. The van der Waals surface area contributed by atoms with Crippen molar-refractivity contribution in [2.45, 2.75) is 6.92 Å². The Morgan fingerprint density at radius 1 is 0.767 bits per heavy atom. The SMILES string of the molecule is Cc1ccnc(Nc2cc(Nc3ccc(NC(=O)c4cnccn4)cc3)ncn2)c1. The van der Waals surface area contributed by atoms with E-state index in [2.05, 4.69) is 40.9 Å². The Morgan fingerprint density at radius 3 is 2.23 bits per heavy atom. The molecule has 148 valence electrons. The zero-order chi connectivity index (χ0) is 20.8. The molecule has 3 N–H and O–H groups in total.